The van der Waals surface area contributed by atoms with Crippen molar-refractivity contribution in [1.82, 2.24) is 16.0 Å². The van der Waals surface area contributed by atoms with Gasteiger partial charge in [-0.3, -0.25) is 9.59 Å². The van der Waals surface area contributed by atoms with Crippen LogP contribution in [0.2, 0.25) is 0 Å². The molecule has 1 aliphatic rings. The quantitative estimate of drug-likeness (QED) is 0.621. The fourth-order valence-electron chi connectivity index (χ4n) is 1.84. The van der Waals surface area contributed by atoms with Crippen molar-refractivity contribution in [1.29, 1.82) is 0 Å². The van der Waals surface area contributed by atoms with Gasteiger partial charge in [0.25, 0.3) is 0 Å². The fourth-order valence-corrected chi connectivity index (χ4v) is 1.84. The van der Waals surface area contributed by atoms with Crippen molar-refractivity contribution in [2.75, 3.05) is 13.1 Å². The van der Waals surface area contributed by atoms with E-state index in [1.54, 1.807) is 6.92 Å². The maximum absolute atomic E-state index is 11.9. The van der Waals surface area contributed by atoms with E-state index < -0.39 is 11.6 Å². The summed E-state index contributed by atoms with van der Waals surface area (Å²) >= 11 is 0. The van der Waals surface area contributed by atoms with Crippen molar-refractivity contribution < 1.29 is 9.59 Å². The maximum Gasteiger partial charge on any atom is 0.242 e. The Kier molecular flexibility index (Phi) is 4.29. The van der Waals surface area contributed by atoms with Crippen molar-refractivity contribution in [2.45, 2.75) is 45.2 Å². The van der Waals surface area contributed by atoms with Gasteiger partial charge in [-0.25, -0.2) is 0 Å². The van der Waals surface area contributed by atoms with Gasteiger partial charge in [0.15, 0.2) is 0 Å². The van der Waals surface area contributed by atoms with Crippen LogP contribution >= 0.6 is 0 Å². The van der Waals surface area contributed by atoms with Gasteiger partial charge in [0.1, 0.15) is 6.04 Å². The molecule has 92 valence electrons. The van der Waals surface area contributed by atoms with Gasteiger partial charge in [0.2, 0.25) is 11.8 Å². The SMILES string of the molecule is CCNC(=O)C(C)NC(=O)C1(C)CCCN1. The maximum atomic E-state index is 11.9. The van der Waals surface area contributed by atoms with Gasteiger partial charge < -0.3 is 16.0 Å². The average Bonchev–Trinajstić information content (AvgIpc) is 2.66. The number of nitrogens with one attached hydrogen (secondary N) is 3. The molecule has 5 nitrogen and oxygen atoms in total. The van der Waals surface area contributed by atoms with E-state index in [-0.39, 0.29) is 11.8 Å². The highest BCUT2D eigenvalue weighted by molar-refractivity contribution is 5.91. The number of carbonyl (C=O) groups is 2. The molecule has 0 bridgehead atoms. The Bertz CT molecular complexity index is 272. The van der Waals surface area contributed by atoms with E-state index >= 15 is 0 Å². The summed E-state index contributed by atoms with van der Waals surface area (Å²) in [5, 5.41) is 8.58. The van der Waals surface area contributed by atoms with E-state index in [0.29, 0.717) is 6.54 Å². The second-order valence-corrected chi connectivity index (χ2v) is 4.45. The summed E-state index contributed by atoms with van der Waals surface area (Å²) in [6.07, 6.45) is 1.82. The molecule has 1 fully saturated rings. The van der Waals surface area contributed by atoms with E-state index in [2.05, 4.69) is 16.0 Å². The van der Waals surface area contributed by atoms with E-state index in [1.807, 2.05) is 13.8 Å². The highest BCUT2D eigenvalue weighted by Crippen LogP contribution is 2.18. The third-order valence-electron chi connectivity index (χ3n) is 2.96. The molecule has 5 heteroatoms. The number of amides is 2. The smallest absolute Gasteiger partial charge is 0.242 e. The molecular weight excluding hydrogens is 206 g/mol. The third-order valence-corrected chi connectivity index (χ3v) is 2.96. The average molecular weight is 227 g/mol. The van der Waals surface area contributed by atoms with Crippen LogP contribution in [0, 0.1) is 0 Å². The van der Waals surface area contributed by atoms with E-state index in [4.69, 9.17) is 0 Å². The molecule has 0 aromatic rings. The molecule has 0 spiro atoms. The summed E-state index contributed by atoms with van der Waals surface area (Å²) in [5.41, 5.74) is -0.513. The molecule has 2 unspecified atom stereocenters. The summed E-state index contributed by atoms with van der Waals surface area (Å²) in [5.74, 6) is -0.235. The van der Waals surface area contributed by atoms with Gasteiger partial charge in [-0.2, -0.15) is 0 Å². The molecule has 1 heterocycles. The molecule has 0 aromatic carbocycles. The second-order valence-electron chi connectivity index (χ2n) is 4.45. The normalized spacial score (nSPS) is 26.2. The summed E-state index contributed by atoms with van der Waals surface area (Å²) in [6, 6.07) is -0.480. The summed E-state index contributed by atoms with van der Waals surface area (Å²) in [4.78, 5) is 23.4. The lowest BCUT2D eigenvalue weighted by Gasteiger charge is -2.25. The first-order valence-corrected chi connectivity index (χ1v) is 5.83. The van der Waals surface area contributed by atoms with Gasteiger partial charge in [-0.15, -0.1) is 0 Å². The highest BCUT2D eigenvalue weighted by Gasteiger charge is 2.36. The summed E-state index contributed by atoms with van der Waals surface area (Å²) in [6.45, 7) is 6.86. The molecule has 0 aliphatic carbocycles. The lowest BCUT2D eigenvalue weighted by molar-refractivity contribution is -0.131. The predicted molar refractivity (Wildman–Crippen MR) is 61.9 cm³/mol. The molecule has 0 aromatic heterocycles. The minimum atomic E-state index is -0.513. The molecule has 3 N–H and O–H groups in total. The van der Waals surface area contributed by atoms with Crippen LogP contribution < -0.4 is 16.0 Å². The summed E-state index contributed by atoms with van der Waals surface area (Å²) < 4.78 is 0. The lowest BCUT2D eigenvalue weighted by atomic mass is 9.99. The van der Waals surface area contributed by atoms with Crippen LogP contribution in [0.15, 0.2) is 0 Å². The van der Waals surface area contributed by atoms with Crippen LogP contribution in [-0.2, 0) is 9.59 Å². The Morgan fingerprint density at radius 3 is 2.69 bits per heavy atom. The van der Waals surface area contributed by atoms with Crippen molar-refractivity contribution in [2.24, 2.45) is 0 Å². The monoisotopic (exact) mass is 227 g/mol. The zero-order chi connectivity index (χ0) is 12.2. The Morgan fingerprint density at radius 1 is 1.50 bits per heavy atom. The third kappa shape index (κ3) is 2.95. The lowest BCUT2D eigenvalue weighted by Crippen LogP contribution is -2.56. The molecule has 1 rings (SSSR count). The fraction of sp³-hybridized carbons (Fsp3) is 0.818. The number of carbonyl (C=O) groups excluding carboxylic acids is 2. The first-order chi connectivity index (χ1) is 7.49. The predicted octanol–water partition coefficient (Wildman–Crippen LogP) is -0.231. The van der Waals surface area contributed by atoms with Crippen molar-refractivity contribution in [3.05, 3.63) is 0 Å². The van der Waals surface area contributed by atoms with E-state index in [0.717, 1.165) is 19.4 Å². The van der Waals surface area contributed by atoms with Gasteiger partial charge >= 0.3 is 0 Å². The largest absolute Gasteiger partial charge is 0.355 e. The minimum absolute atomic E-state index is 0.0937. The topological polar surface area (TPSA) is 70.2 Å². The van der Waals surface area contributed by atoms with E-state index in [1.165, 1.54) is 0 Å². The van der Waals surface area contributed by atoms with Crippen molar-refractivity contribution >= 4 is 11.8 Å². The first kappa shape index (κ1) is 13.0. The number of rotatable bonds is 4. The highest BCUT2D eigenvalue weighted by atomic mass is 16.2. The molecular formula is C11H21N3O2. The standard InChI is InChI=1S/C11H21N3O2/c1-4-12-9(15)8(2)14-10(16)11(3)6-5-7-13-11/h8,13H,4-7H2,1-3H3,(H,12,15)(H,14,16). The minimum Gasteiger partial charge on any atom is -0.355 e. The Balaban J connectivity index is 2.47. The van der Waals surface area contributed by atoms with Gasteiger partial charge in [-0.05, 0) is 40.2 Å². The second kappa shape index (κ2) is 5.30. The van der Waals surface area contributed by atoms with Gasteiger partial charge in [0.05, 0.1) is 5.54 Å². The molecule has 16 heavy (non-hydrogen) atoms. The van der Waals surface area contributed by atoms with Crippen molar-refractivity contribution in [3.8, 4) is 0 Å². The molecule has 0 radical (unpaired) electrons. The van der Waals surface area contributed by atoms with Crippen LogP contribution in [-0.4, -0.2) is 36.5 Å². The van der Waals surface area contributed by atoms with Crippen LogP contribution in [0.25, 0.3) is 0 Å². The number of hydrogen-bond acceptors (Lipinski definition) is 3. The van der Waals surface area contributed by atoms with Crippen LogP contribution in [0.1, 0.15) is 33.6 Å². The summed E-state index contributed by atoms with van der Waals surface area (Å²) in [7, 11) is 0. The van der Waals surface area contributed by atoms with Crippen molar-refractivity contribution in [3.63, 3.8) is 0 Å². The molecule has 1 aliphatic heterocycles. The van der Waals surface area contributed by atoms with E-state index in [9.17, 15) is 9.59 Å². The van der Waals surface area contributed by atoms with Gasteiger partial charge in [0, 0.05) is 6.54 Å². The number of likely N-dealkylation sites (N-methyl/N-ethyl adjacent to an activating group) is 1. The molecule has 0 saturated carbocycles. The van der Waals surface area contributed by atoms with Crippen LogP contribution in [0.4, 0.5) is 0 Å². The molecule has 1 saturated heterocycles. The van der Waals surface area contributed by atoms with Crippen LogP contribution in [0.3, 0.4) is 0 Å². The zero-order valence-electron chi connectivity index (χ0n) is 10.2. The Labute approximate surface area is 96.4 Å². The van der Waals surface area contributed by atoms with Crippen LogP contribution in [0.5, 0.6) is 0 Å². The Hall–Kier alpha value is -1.10. The van der Waals surface area contributed by atoms with Gasteiger partial charge in [-0.1, -0.05) is 0 Å². The molecule has 2 atom stereocenters. The molecule has 2 amide bonds. The first-order valence-electron chi connectivity index (χ1n) is 5.83. The number of hydrogen-bond donors (Lipinski definition) is 3. The Morgan fingerprint density at radius 2 is 2.19 bits per heavy atom. The zero-order valence-corrected chi connectivity index (χ0v) is 10.2.